The van der Waals surface area contributed by atoms with E-state index >= 15 is 0 Å². The van der Waals surface area contributed by atoms with Gasteiger partial charge in [-0.1, -0.05) is 0 Å². The van der Waals surface area contributed by atoms with Crippen LogP contribution in [0.15, 0.2) is 0 Å². The van der Waals surface area contributed by atoms with Gasteiger partial charge in [-0.25, -0.2) is 0 Å². The molecule has 5 heteroatoms. The molecule has 1 unspecified atom stereocenters. The molecule has 0 radical (unpaired) electrons. The first kappa shape index (κ1) is 8.45. The minimum absolute atomic E-state index is 0.0615. The summed E-state index contributed by atoms with van der Waals surface area (Å²) >= 11 is 0. The highest BCUT2D eigenvalue weighted by Gasteiger charge is 2.33. The minimum Gasteiger partial charge on any atom is -0.394 e. The van der Waals surface area contributed by atoms with Crippen molar-refractivity contribution in [1.82, 2.24) is 4.90 Å². The number of nitrogens with zero attached hydrogens (tertiary/aromatic N) is 1. The molecule has 5 nitrogen and oxygen atoms in total. The van der Waals surface area contributed by atoms with Crippen LogP contribution in [0.4, 0.5) is 0 Å². The molecule has 4 N–H and O–H groups in total. The molecular weight excluding hydrogens is 148 g/mol. The van der Waals surface area contributed by atoms with Gasteiger partial charge in [0.25, 0.3) is 0 Å². The van der Waals surface area contributed by atoms with E-state index in [4.69, 9.17) is 15.9 Å². The Balaban J connectivity index is 2.48. The lowest BCUT2D eigenvalue weighted by atomic mass is 10.1. The Labute approximate surface area is 64.4 Å². The van der Waals surface area contributed by atoms with Crippen LogP contribution >= 0.6 is 0 Å². The van der Waals surface area contributed by atoms with Crippen LogP contribution in [0.1, 0.15) is 6.42 Å². The number of amides is 1. The molecule has 0 spiro atoms. The maximum Gasteiger partial charge on any atom is 0.224 e. The number of likely N-dealkylation sites (tertiary alicyclic amines) is 1. The van der Waals surface area contributed by atoms with Crippen LogP contribution in [0.2, 0.25) is 0 Å². The van der Waals surface area contributed by atoms with Gasteiger partial charge in [0.05, 0.1) is 12.6 Å². The molecule has 1 aliphatic heterocycles. The van der Waals surface area contributed by atoms with Gasteiger partial charge < -0.3 is 20.8 Å². The van der Waals surface area contributed by atoms with E-state index in [9.17, 15) is 4.79 Å². The lowest BCUT2D eigenvalue weighted by Crippen LogP contribution is -2.58. The normalized spacial score (nSPS) is 22.8. The highest BCUT2D eigenvalue weighted by molar-refractivity contribution is 5.82. The molecular formula is C6H12N2O3. The fourth-order valence-corrected chi connectivity index (χ4v) is 1.07. The van der Waals surface area contributed by atoms with Crippen LogP contribution < -0.4 is 5.73 Å². The number of β-lactam (4-membered cyclic amide) rings is 1. The van der Waals surface area contributed by atoms with Crippen molar-refractivity contribution in [3.05, 3.63) is 0 Å². The second kappa shape index (κ2) is 3.17. The molecule has 0 bridgehead atoms. The third kappa shape index (κ3) is 1.50. The number of aliphatic hydroxyl groups is 2. The third-order valence-electron chi connectivity index (χ3n) is 1.87. The van der Waals surface area contributed by atoms with Crippen molar-refractivity contribution in [2.75, 3.05) is 13.2 Å². The lowest BCUT2D eigenvalue weighted by molar-refractivity contribution is -0.148. The number of nitrogens with two attached hydrogens (primary N) is 1. The molecule has 2 atom stereocenters. The van der Waals surface area contributed by atoms with Gasteiger partial charge >= 0.3 is 0 Å². The molecule has 1 fully saturated rings. The Morgan fingerprint density at radius 3 is 2.45 bits per heavy atom. The van der Waals surface area contributed by atoms with Crippen molar-refractivity contribution >= 4 is 5.91 Å². The summed E-state index contributed by atoms with van der Waals surface area (Å²) in [4.78, 5) is 12.2. The molecule has 1 amide bonds. The van der Waals surface area contributed by atoms with E-state index in [1.165, 1.54) is 4.90 Å². The van der Waals surface area contributed by atoms with Gasteiger partial charge in [0.15, 0.2) is 0 Å². The number of rotatable bonds is 3. The molecule has 1 aliphatic rings. The van der Waals surface area contributed by atoms with Gasteiger partial charge in [0.2, 0.25) is 5.91 Å². The zero-order chi connectivity index (χ0) is 8.43. The number of hydrogen-bond acceptors (Lipinski definition) is 4. The van der Waals surface area contributed by atoms with Crippen LogP contribution in [0.3, 0.4) is 0 Å². The smallest absolute Gasteiger partial charge is 0.224 e. The van der Waals surface area contributed by atoms with Crippen molar-refractivity contribution in [2.24, 2.45) is 5.73 Å². The summed E-state index contributed by atoms with van der Waals surface area (Å²) in [7, 11) is 0. The molecule has 1 saturated heterocycles. The van der Waals surface area contributed by atoms with Gasteiger partial charge in [0, 0.05) is 13.0 Å². The fourth-order valence-electron chi connectivity index (χ4n) is 1.07. The number of carbonyl (C=O) groups is 1. The molecule has 0 aromatic carbocycles. The van der Waals surface area contributed by atoms with E-state index in [1.807, 2.05) is 0 Å². The van der Waals surface area contributed by atoms with E-state index in [0.29, 0.717) is 13.0 Å². The van der Waals surface area contributed by atoms with Crippen LogP contribution in [-0.2, 0) is 4.79 Å². The maximum absolute atomic E-state index is 10.8. The maximum atomic E-state index is 10.8. The van der Waals surface area contributed by atoms with Crippen molar-refractivity contribution in [3.63, 3.8) is 0 Å². The predicted molar refractivity (Wildman–Crippen MR) is 37.4 cm³/mol. The Kier molecular flexibility index (Phi) is 2.43. The standard InChI is InChI=1S/C6H12N2O3/c7-6(11)4(3-9)8-2-1-5(8)10/h4,6,9,11H,1-3,7H2/t4-,6?/m0/s1. The van der Waals surface area contributed by atoms with Gasteiger partial charge in [0.1, 0.15) is 6.23 Å². The van der Waals surface area contributed by atoms with Crippen molar-refractivity contribution in [3.8, 4) is 0 Å². The van der Waals surface area contributed by atoms with Crippen LogP contribution in [0.25, 0.3) is 0 Å². The Morgan fingerprint density at radius 1 is 1.73 bits per heavy atom. The molecule has 0 saturated carbocycles. The van der Waals surface area contributed by atoms with E-state index in [1.54, 1.807) is 0 Å². The highest BCUT2D eigenvalue weighted by atomic mass is 16.3. The lowest BCUT2D eigenvalue weighted by Gasteiger charge is -2.38. The average Bonchev–Trinajstić information content (AvgIpc) is 1.96. The van der Waals surface area contributed by atoms with Crippen LogP contribution in [-0.4, -0.2) is 46.4 Å². The molecule has 0 aromatic heterocycles. The predicted octanol–water partition coefficient (Wildman–Crippen LogP) is -2.14. The number of hydrogen-bond donors (Lipinski definition) is 3. The fraction of sp³-hybridized carbons (Fsp3) is 0.833. The Bertz CT molecular complexity index is 160. The Hall–Kier alpha value is -0.650. The largest absolute Gasteiger partial charge is 0.394 e. The van der Waals surface area contributed by atoms with Crippen molar-refractivity contribution < 1.29 is 15.0 Å². The van der Waals surface area contributed by atoms with Gasteiger partial charge in [-0.3, -0.25) is 4.79 Å². The van der Waals surface area contributed by atoms with Gasteiger partial charge in [-0.15, -0.1) is 0 Å². The topological polar surface area (TPSA) is 86.8 Å². The summed E-state index contributed by atoms with van der Waals surface area (Å²) in [5.74, 6) is -0.0615. The van der Waals surface area contributed by atoms with Gasteiger partial charge in [-0.2, -0.15) is 0 Å². The summed E-state index contributed by atoms with van der Waals surface area (Å²) in [5, 5.41) is 17.6. The molecule has 11 heavy (non-hydrogen) atoms. The first-order chi connectivity index (χ1) is 5.16. The first-order valence-corrected chi connectivity index (χ1v) is 3.51. The van der Waals surface area contributed by atoms with Crippen LogP contribution in [0.5, 0.6) is 0 Å². The third-order valence-corrected chi connectivity index (χ3v) is 1.87. The second-order valence-corrected chi connectivity index (χ2v) is 2.58. The molecule has 1 heterocycles. The molecule has 0 aliphatic carbocycles. The average molecular weight is 160 g/mol. The van der Waals surface area contributed by atoms with E-state index in [0.717, 1.165) is 0 Å². The summed E-state index contributed by atoms with van der Waals surface area (Å²) in [6.07, 6.45) is -0.660. The highest BCUT2D eigenvalue weighted by Crippen LogP contribution is 2.13. The number of carbonyl (C=O) groups excluding carboxylic acids is 1. The van der Waals surface area contributed by atoms with Crippen molar-refractivity contribution in [1.29, 1.82) is 0 Å². The van der Waals surface area contributed by atoms with Gasteiger partial charge in [-0.05, 0) is 0 Å². The second-order valence-electron chi connectivity index (χ2n) is 2.58. The Morgan fingerprint density at radius 2 is 2.36 bits per heavy atom. The van der Waals surface area contributed by atoms with E-state index in [2.05, 4.69) is 0 Å². The number of aliphatic hydroxyl groups excluding tert-OH is 2. The summed E-state index contributed by atoms with van der Waals surface area (Å²) in [5.41, 5.74) is 5.12. The van der Waals surface area contributed by atoms with E-state index in [-0.39, 0.29) is 12.5 Å². The monoisotopic (exact) mass is 160 g/mol. The molecule has 1 rings (SSSR count). The van der Waals surface area contributed by atoms with E-state index < -0.39 is 12.3 Å². The zero-order valence-corrected chi connectivity index (χ0v) is 6.10. The SMILES string of the molecule is NC(O)[C@H](CO)N1CCC1=O. The van der Waals surface area contributed by atoms with Crippen LogP contribution in [0, 0.1) is 0 Å². The summed E-state index contributed by atoms with van der Waals surface area (Å²) in [6.45, 7) is 0.293. The molecule has 64 valence electrons. The quantitative estimate of drug-likeness (QED) is 0.325. The minimum atomic E-state index is -1.15. The van der Waals surface area contributed by atoms with Crippen molar-refractivity contribution in [2.45, 2.75) is 18.7 Å². The first-order valence-electron chi connectivity index (χ1n) is 3.51. The zero-order valence-electron chi connectivity index (χ0n) is 6.10. The summed E-state index contributed by atoms with van der Waals surface area (Å²) in [6, 6.07) is -0.628. The molecule has 0 aromatic rings. The summed E-state index contributed by atoms with van der Waals surface area (Å²) < 4.78 is 0.